The van der Waals surface area contributed by atoms with Gasteiger partial charge in [0.1, 0.15) is 0 Å². The molecule has 0 bridgehead atoms. The number of carbonyl (C=O) groups is 3. The number of ether oxygens (including phenoxy) is 1. The molecule has 0 saturated heterocycles. The summed E-state index contributed by atoms with van der Waals surface area (Å²) in [5, 5.41) is 5.43. The van der Waals surface area contributed by atoms with E-state index in [4.69, 9.17) is 4.74 Å². The highest BCUT2D eigenvalue weighted by molar-refractivity contribution is 8.00. The van der Waals surface area contributed by atoms with E-state index in [9.17, 15) is 14.4 Å². The predicted octanol–water partition coefficient (Wildman–Crippen LogP) is 3.41. The van der Waals surface area contributed by atoms with Crippen LogP contribution >= 0.6 is 11.8 Å². The molecule has 0 aliphatic carbocycles. The van der Waals surface area contributed by atoms with Gasteiger partial charge < -0.3 is 15.4 Å². The van der Waals surface area contributed by atoms with Gasteiger partial charge in [-0.1, -0.05) is 31.2 Å². The monoisotopic (exact) mass is 400 g/mol. The highest BCUT2D eigenvalue weighted by Gasteiger charge is 2.10. The Hall–Kier alpha value is -2.80. The molecule has 148 valence electrons. The van der Waals surface area contributed by atoms with Gasteiger partial charge in [0, 0.05) is 11.4 Å². The van der Waals surface area contributed by atoms with Gasteiger partial charge in [-0.15, -0.1) is 11.8 Å². The average molecular weight is 401 g/mol. The fraction of sp³-hybridized carbons (Fsp3) is 0.286. The van der Waals surface area contributed by atoms with Gasteiger partial charge >= 0.3 is 5.97 Å². The zero-order valence-electron chi connectivity index (χ0n) is 16.0. The van der Waals surface area contributed by atoms with E-state index >= 15 is 0 Å². The number of nitrogens with one attached hydrogen (secondary N) is 2. The summed E-state index contributed by atoms with van der Waals surface area (Å²) in [7, 11) is 0. The van der Waals surface area contributed by atoms with Crippen LogP contribution in [0.5, 0.6) is 0 Å². The number of hydrogen-bond donors (Lipinski definition) is 2. The fourth-order valence-electron chi connectivity index (χ4n) is 2.36. The molecule has 0 unspecified atom stereocenters. The van der Waals surface area contributed by atoms with Crippen molar-refractivity contribution in [3.8, 4) is 0 Å². The van der Waals surface area contributed by atoms with Crippen molar-refractivity contribution >= 4 is 40.9 Å². The van der Waals surface area contributed by atoms with Gasteiger partial charge in [0.05, 0.1) is 11.5 Å². The molecular formula is C21H24N2O4S. The molecule has 2 rings (SSSR count). The van der Waals surface area contributed by atoms with Crippen LogP contribution in [0, 0.1) is 6.92 Å². The van der Waals surface area contributed by atoms with Crippen molar-refractivity contribution < 1.29 is 19.1 Å². The molecule has 2 amide bonds. The molecule has 2 aromatic carbocycles. The SMILES string of the molecule is CCc1ccc(NC(=O)COC(=O)CSCC(=O)Nc2cccc(C)c2)cc1. The lowest BCUT2D eigenvalue weighted by atomic mass is 10.1. The van der Waals surface area contributed by atoms with E-state index in [2.05, 4.69) is 17.6 Å². The maximum Gasteiger partial charge on any atom is 0.316 e. The molecule has 0 aliphatic rings. The molecule has 2 aromatic rings. The average Bonchev–Trinajstić information content (AvgIpc) is 2.67. The molecule has 0 fully saturated rings. The second-order valence-corrected chi connectivity index (χ2v) is 7.16. The zero-order valence-corrected chi connectivity index (χ0v) is 16.8. The van der Waals surface area contributed by atoms with Crippen molar-refractivity contribution in [1.82, 2.24) is 0 Å². The maximum atomic E-state index is 11.9. The quantitative estimate of drug-likeness (QED) is 0.630. The van der Waals surface area contributed by atoms with Crippen molar-refractivity contribution in [2.24, 2.45) is 0 Å². The number of hydrogen-bond acceptors (Lipinski definition) is 5. The van der Waals surface area contributed by atoms with E-state index in [-0.39, 0.29) is 24.0 Å². The van der Waals surface area contributed by atoms with Crippen LogP contribution in [0.4, 0.5) is 11.4 Å². The number of thioether (sulfide) groups is 1. The molecule has 28 heavy (non-hydrogen) atoms. The van der Waals surface area contributed by atoms with Crippen LogP contribution in [0.1, 0.15) is 18.1 Å². The minimum atomic E-state index is -0.537. The third-order valence-corrected chi connectivity index (χ3v) is 4.67. The first-order valence-corrected chi connectivity index (χ1v) is 10.1. The third kappa shape index (κ3) is 7.84. The lowest BCUT2D eigenvalue weighted by Crippen LogP contribution is -2.22. The smallest absolute Gasteiger partial charge is 0.316 e. The lowest BCUT2D eigenvalue weighted by molar-refractivity contribution is -0.144. The Morgan fingerprint density at radius 1 is 0.929 bits per heavy atom. The van der Waals surface area contributed by atoms with E-state index in [1.165, 1.54) is 5.56 Å². The van der Waals surface area contributed by atoms with Crippen LogP contribution < -0.4 is 10.6 Å². The van der Waals surface area contributed by atoms with Gasteiger partial charge in [-0.3, -0.25) is 14.4 Å². The Kier molecular flexibility index (Phi) is 8.55. The summed E-state index contributed by atoms with van der Waals surface area (Å²) in [6.45, 7) is 3.64. The molecule has 6 nitrogen and oxygen atoms in total. The first-order chi connectivity index (χ1) is 13.5. The summed E-state index contributed by atoms with van der Waals surface area (Å²) >= 11 is 1.13. The second-order valence-electron chi connectivity index (χ2n) is 6.17. The second kappa shape index (κ2) is 11.1. The van der Waals surface area contributed by atoms with Crippen molar-refractivity contribution in [3.63, 3.8) is 0 Å². The first kappa shape index (κ1) is 21.5. The van der Waals surface area contributed by atoms with Gasteiger partial charge in [0.25, 0.3) is 5.91 Å². The number of rotatable bonds is 9. The normalized spacial score (nSPS) is 10.2. The molecule has 7 heteroatoms. The van der Waals surface area contributed by atoms with Gasteiger partial charge in [0.15, 0.2) is 6.61 Å². The van der Waals surface area contributed by atoms with Crippen LogP contribution in [0.3, 0.4) is 0 Å². The Morgan fingerprint density at radius 3 is 2.32 bits per heavy atom. The lowest BCUT2D eigenvalue weighted by Gasteiger charge is -2.08. The number of anilines is 2. The zero-order chi connectivity index (χ0) is 20.4. The minimum absolute atomic E-state index is 0.000283. The van der Waals surface area contributed by atoms with Gasteiger partial charge in [-0.05, 0) is 48.7 Å². The number of esters is 1. The van der Waals surface area contributed by atoms with Crippen molar-refractivity contribution in [1.29, 1.82) is 0 Å². The van der Waals surface area contributed by atoms with E-state index < -0.39 is 11.9 Å². The van der Waals surface area contributed by atoms with Crippen LogP contribution in [-0.4, -0.2) is 35.9 Å². The summed E-state index contributed by atoms with van der Waals surface area (Å²) < 4.78 is 4.93. The van der Waals surface area contributed by atoms with Crippen LogP contribution in [0.2, 0.25) is 0 Å². The highest BCUT2D eigenvalue weighted by Crippen LogP contribution is 2.11. The molecular weight excluding hydrogens is 376 g/mol. The minimum Gasteiger partial charge on any atom is -0.455 e. The third-order valence-electron chi connectivity index (χ3n) is 3.77. The molecule has 0 saturated carbocycles. The van der Waals surface area contributed by atoms with Gasteiger partial charge in [-0.2, -0.15) is 0 Å². The Labute approximate surface area is 169 Å². The summed E-state index contributed by atoms with van der Waals surface area (Å²) in [5.41, 5.74) is 3.60. The molecule has 0 aliphatic heterocycles. The highest BCUT2D eigenvalue weighted by atomic mass is 32.2. The van der Waals surface area contributed by atoms with Gasteiger partial charge in [-0.25, -0.2) is 0 Å². The maximum absolute atomic E-state index is 11.9. The summed E-state index contributed by atoms with van der Waals surface area (Å²) in [5.74, 6) is -1.01. The molecule has 0 heterocycles. The summed E-state index contributed by atoms with van der Waals surface area (Å²) in [4.78, 5) is 35.4. The standard InChI is InChI=1S/C21H24N2O4S/c1-3-16-7-9-17(10-8-16)22-19(24)12-27-21(26)14-28-13-20(25)23-18-6-4-5-15(2)11-18/h4-11H,3,12-14H2,1-2H3,(H,22,24)(H,23,25). The summed E-state index contributed by atoms with van der Waals surface area (Å²) in [6, 6.07) is 14.9. The first-order valence-electron chi connectivity index (χ1n) is 8.95. The molecule has 2 N–H and O–H groups in total. The fourth-order valence-corrected chi connectivity index (χ4v) is 2.97. The Bertz CT molecular complexity index is 821. The van der Waals surface area contributed by atoms with Crippen LogP contribution in [-0.2, 0) is 25.5 Å². The molecule has 0 radical (unpaired) electrons. The Balaban J connectivity index is 1.62. The summed E-state index contributed by atoms with van der Waals surface area (Å²) in [6.07, 6.45) is 0.923. The molecule has 0 aromatic heterocycles. The van der Waals surface area contributed by atoms with Crippen molar-refractivity contribution in [3.05, 3.63) is 59.7 Å². The van der Waals surface area contributed by atoms with Crippen LogP contribution in [0.15, 0.2) is 48.5 Å². The Morgan fingerprint density at radius 2 is 1.64 bits per heavy atom. The van der Waals surface area contributed by atoms with Gasteiger partial charge in [0.2, 0.25) is 5.91 Å². The van der Waals surface area contributed by atoms with E-state index in [0.29, 0.717) is 5.69 Å². The number of aryl methyl sites for hydroxylation is 2. The van der Waals surface area contributed by atoms with E-state index in [1.54, 1.807) is 18.2 Å². The molecule has 0 spiro atoms. The van der Waals surface area contributed by atoms with Crippen molar-refractivity contribution in [2.75, 3.05) is 28.7 Å². The number of benzene rings is 2. The predicted molar refractivity (Wildman–Crippen MR) is 113 cm³/mol. The largest absolute Gasteiger partial charge is 0.455 e. The number of carbonyl (C=O) groups excluding carboxylic acids is 3. The number of amides is 2. The van der Waals surface area contributed by atoms with Crippen LogP contribution in [0.25, 0.3) is 0 Å². The van der Waals surface area contributed by atoms with E-state index in [0.717, 1.165) is 29.4 Å². The topological polar surface area (TPSA) is 84.5 Å². The van der Waals surface area contributed by atoms with Crippen molar-refractivity contribution in [2.45, 2.75) is 20.3 Å². The molecule has 0 atom stereocenters. The van der Waals surface area contributed by atoms with E-state index in [1.807, 2.05) is 37.3 Å².